The molecule has 29 heavy (non-hydrogen) atoms. The summed E-state index contributed by atoms with van der Waals surface area (Å²) in [7, 11) is 0. The van der Waals surface area contributed by atoms with Crippen LogP contribution in [0.2, 0.25) is 0 Å². The monoisotopic (exact) mass is 389 g/mol. The van der Waals surface area contributed by atoms with Gasteiger partial charge in [-0.15, -0.1) is 0 Å². The van der Waals surface area contributed by atoms with Gasteiger partial charge < -0.3 is 5.32 Å². The Morgan fingerprint density at radius 3 is 2.69 bits per heavy atom. The lowest BCUT2D eigenvalue weighted by Gasteiger charge is -2.14. The zero-order valence-corrected chi connectivity index (χ0v) is 16.1. The second kappa shape index (κ2) is 7.79. The highest BCUT2D eigenvalue weighted by Crippen LogP contribution is 2.19. The lowest BCUT2D eigenvalue weighted by molar-refractivity contribution is -0.121. The number of hydrogen-bond donors (Lipinski definition) is 1. The molecule has 0 bridgehead atoms. The number of benzene rings is 1. The molecule has 1 aromatic carbocycles. The number of amides is 1. The van der Waals surface area contributed by atoms with Gasteiger partial charge in [0.1, 0.15) is 5.82 Å². The number of carbonyl (C=O) groups excluding carboxylic acids is 1. The number of hydrogen-bond acceptors (Lipinski definition) is 4. The zero-order chi connectivity index (χ0) is 20.4. The minimum absolute atomic E-state index is 0.147. The summed E-state index contributed by atoms with van der Waals surface area (Å²) in [5.74, 6) is -0.446. The summed E-state index contributed by atoms with van der Waals surface area (Å²) in [5.41, 5.74) is 4.18. The average Bonchev–Trinajstić information content (AvgIpc) is 3.11. The smallest absolute Gasteiger partial charge is 0.226 e. The van der Waals surface area contributed by atoms with Crippen molar-refractivity contribution in [3.8, 4) is 5.69 Å². The van der Waals surface area contributed by atoms with Crippen LogP contribution >= 0.6 is 0 Å². The summed E-state index contributed by atoms with van der Waals surface area (Å²) < 4.78 is 14.9. The summed E-state index contributed by atoms with van der Waals surface area (Å²) in [6.07, 6.45) is 5.38. The number of carbonyl (C=O) groups is 1. The Balaban J connectivity index is 1.48. The molecule has 4 rings (SSSR count). The molecule has 7 heteroatoms. The second-order valence-corrected chi connectivity index (χ2v) is 6.96. The number of nitrogens with one attached hydrogen (secondary N) is 1. The second-order valence-electron chi connectivity index (χ2n) is 6.96. The summed E-state index contributed by atoms with van der Waals surface area (Å²) >= 11 is 0. The maximum absolute atomic E-state index is 13.1. The number of aromatic nitrogens is 4. The number of fused-ring (bicyclic) bond motifs is 1. The van der Waals surface area contributed by atoms with E-state index in [4.69, 9.17) is 0 Å². The van der Waals surface area contributed by atoms with Crippen molar-refractivity contribution in [3.05, 3.63) is 83.8 Å². The van der Waals surface area contributed by atoms with Gasteiger partial charge in [-0.25, -0.2) is 9.07 Å². The first-order valence-electron chi connectivity index (χ1n) is 9.30. The average molecular weight is 389 g/mol. The number of rotatable bonds is 5. The van der Waals surface area contributed by atoms with E-state index >= 15 is 0 Å². The van der Waals surface area contributed by atoms with E-state index in [1.807, 2.05) is 32.0 Å². The Morgan fingerprint density at radius 2 is 1.93 bits per heavy atom. The van der Waals surface area contributed by atoms with Crippen molar-refractivity contribution in [3.63, 3.8) is 0 Å². The fourth-order valence-electron chi connectivity index (χ4n) is 3.23. The first-order valence-corrected chi connectivity index (χ1v) is 9.30. The molecule has 1 amide bonds. The van der Waals surface area contributed by atoms with Crippen LogP contribution in [0.3, 0.4) is 0 Å². The lowest BCUT2D eigenvalue weighted by atomic mass is 10.1. The number of aryl methyl sites for hydroxylation is 1. The van der Waals surface area contributed by atoms with E-state index < -0.39 is 0 Å². The molecule has 0 fully saturated rings. The minimum atomic E-state index is -0.299. The molecule has 0 aliphatic rings. The van der Waals surface area contributed by atoms with Gasteiger partial charge in [-0.3, -0.25) is 14.8 Å². The van der Waals surface area contributed by atoms with Gasteiger partial charge >= 0.3 is 0 Å². The summed E-state index contributed by atoms with van der Waals surface area (Å²) in [6, 6.07) is 11.6. The molecule has 4 aromatic rings. The topological polar surface area (TPSA) is 72.7 Å². The molecule has 3 aromatic heterocycles. The molecule has 146 valence electrons. The molecular weight excluding hydrogens is 369 g/mol. The number of nitrogens with zero attached hydrogens (tertiary/aromatic N) is 4. The molecule has 0 aliphatic carbocycles. The van der Waals surface area contributed by atoms with Gasteiger partial charge in [0.15, 0.2) is 0 Å². The SMILES string of the molecule is Cc1cc(-n2ncc3cc(CC(=O)N[C@H](C)c4ccc(F)cc4)ncc32)ccn1. The van der Waals surface area contributed by atoms with Crippen molar-refractivity contribution in [2.24, 2.45) is 0 Å². The van der Waals surface area contributed by atoms with Crippen LogP contribution in [0.1, 0.15) is 29.9 Å². The van der Waals surface area contributed by atoms with E-state index in [0.29, 0.717) is 5.69 Å². The highest BCUT2D eigenvalue weighted by atomic mass is 19.1. The molecule has 1 N–H and O–H groups in total. The highest BCUT2D eigenvalue weighted by molar-refractivity contribution is 5.83. The zero-order valence-electron chi connectivity index (χ0n) is 16.1. The Kier molecular flexibility index (Phi) is 5.03. The first-order chi connectivity index (χ1) is 14.0. The predicted molar refractivity (Wildman–Crippen MR) is 108 cm³/mol. The maximum atomic E-state index is 13.1. The van der Waals surface area contributed by atoms with E-state index in [1.165, 1.54) is 12.1 Å². The third-order valence-corrected chi connectivity index (χ3v) is 4.72. The van der Waals surface area contributed by atoms with Gasteiger partial charge in [0.25, 0.3) is 0 Å². The molecule has 6 nitrogen and oxygen atoms in total. The molecule has 0 saturated heterocycles. The summed E-state index contributed by atoms with van der Waals surface area (Å²) in [5, 5.41) is 8.27. The van der Waals surface area contributed by atoms with Crippen LogP contribution in [0.5, 0.6) is 0 Å². The van der Waals surface area contributed by atoms with Gasteiger partial charge in [0, 0.05) is 17.3 Å². The molecule has 0 radical (unpaired) electrons. The van der Waals surface area contributed by atoms with Crippen molar-refractivity contribution in [1.82, 2.24) is 25.1 Å². The van der Waals surface area contributed by atoms with E-state index in [0.717, 1.165) is 27.8 Å². The fraction of sp³-hybridized carbons (Fsp3) is 0.182. The normalized spacial score (nSPS) is 12.1. The molecule has 1 atom stereocenters. The molecule has 0 aliphatic heterocycles. The molecular formula is C22H20FN5O. The molecule has 3 heterocycles. The number of pyridine rings is 2. The molecule has 0 saturated carbocycles. The first kappa shape index (κ1) is 18.7. The Bertz CT molecular complexity index is 1170. The van der Waals surface area contributed by atoms with E-state index in [1.54, 1.807) is 35.4 Å². The van der Waals surface area contributed by atoms with Gasteiger partial charge in [-0.2, -0.15) is 5.10 Å². The predicted octanol–water partition coefficient (Wildman–Crippen LogP) is 3.68. The van der Waals surface area contributed by atoms with E-state index in [9.17, 15) is 9.18 Å². The van der Waals surface area contributed by atoms with Crippen LogP contribution in [0.25, 0.3) is 16.6 Å². The Labute approximate surface area is 167 Å². The minimum Gasteiger partial charge on any atom is -0.349 e. The third kappa shape index (κ3) is 4.13. The maximum Gasteiger partial charge on any atom is 0.226 e. The van der Waals surface area contributed by atoms with Crippen molar-refractivity contribution < 1.29 is 9.18 Å². The van der Waals surface area contributed by atoms with Crippen molar-refractivity contribution >= 4 is 16.8 Å². The molecule has 0 spiro atoms. The van der Waals surface area contributed by atoms with Crippen LogP contribution in [0, 0.1) is 12.7 Å². The third-order valence-electron chi connectivity index (χ3n) is 4.72. The summed E-state index contributed by atoms with van der Waals surface area (Å²) in [6.45, 7) is 3.79. The van der Waals surface area contributed by atoms with Crippen molar-refractivity contribution in [1.29, 1.82) is 0 Å². The van der Waals surface area contributed by atoms with Crippen molar-refractivity contribution in [2.75, 3.05) is 0 Å². The fourth-order valence-corrected chi connectivity index (χ4v) is 3.23. The molecule has 0 unspecified atom stereocenters. The van der Waals surface area contributed by atoms with Gasteiger partial charge in [-0.1, -0.05) is 12.1 Å². The summed E-state index contributed by atoms with van der Waals surface area (Å²) in [4.78, 5) is 21.0. The highest BCUT2D eigenvalue weighted by Gasteiger charge is 2.13. The Morgan fingerprint density at radius 1 is 1.14 bits per heavy atom. The van der Waals surface area contributed by atoms with Crippen LogP contribution in [0.4, 0.5) is 4.39 Å². The van der Waals surface area contributed by atoms with Gasteiger partial charge in [0.2, 0.25) is 5.91 Å². The van der Waals surface area contributed by atoms with Crippen LogP contribution in [-0.2, 0) is 11.2 Å². The Hall–Kier alpha value is -3.61. The quantitative estimate of drug-likeness (QED) is 0.565. The number of halogens is 1. The van der Waals surface area contributed by atoms with Gasteiger partial charge in [0.05, 0.1) is 41.8 Å². The van der Waals surface area contributed by atoms with E-state index in [2.05, 4.69) is 20.4 Å². The van der Waals surface area contributed by atoms with Crippen LogP contribution < -0.4 is 5.32 Å². The van der Waals surface area contributed by atoms with Crippen molar-refractivity contribution in [2.45, 2.75) is 26.3 Å². The van der Waals surface area contributed by atoms with Crippen LogP contribution in [0.15, 0.2) is 61.1 Å². The van der Waals surface area contributed by atoms with Gasteiger partial charge in [-0.05, 0) is 49.7 Å². The van der Waals surface area contributed by atoms with Crippen LogP contribution in [-0.4, -0.2) is 25.7 Å². The van der Waals surface area contributed by atoms with E-state index in [-0.39, 0.29) is 24.2 Å². The standard InChI is InChI=1S/C22H20FN5O/c1-14-9-20(7-8-24-14)28-21-13-25-19(10-17(21)12-26-28)11-22(29)27-15(2)16-3-5-18(23)6-4-16/h3-10,12-13,15H,11H2,1-2H3,(H,27,29)/t15-/m1/s1. The largest absolute Gasteiger partial charge is 0.349 e. The lowest BCUT2D eigenvalue weighted by Crippen LogP contribution is -2.28.